The highest BCUT2D eigenvalue weighted by Gasteiger charge is 2.07. The lowest BCUT2D eigenvalue weighted by Gasteiger charge is -1.97. The lowest BCUT2D eigenvalue weighted by Crippen LogP contribution is -1.99. The van der Waals surface area contributed by atoms with E-state index >= 15 is 0 Å². The molecule has 0 atom stereocenters. The van der Waals surface area contributed by atoms with Crippen molar-refractivity contribution in [2.75, 3.05) is 0 Å². The van der Waals surface area contributed by atoms with Crippen molar-refractivity contribution in [2.45, 2.75) is 6.92 Å². The number of nitriles is 1. The maximum atomic E-state index is 10.7. The molecule has 60 valence electrons. The highest BCUT2D eigenvalue weighted by Crippen LogP contribution is 2.08. The van der Waals surface area contributed by atoms with Gasteiger partial charge < -0.3 is 0 Å². The third-order valence-corrected chi connectivity index (χ3v) is 1.58. The summed E-state index contributed by atoms with van der Waals surface area (Å²) in [5, 5.41) is 7.83. The normalized spacial score (nSPS) is 9.08. The molecule has 0 fully saturated rings. The van der Waals surface area contributed by atoms with E-state index in [-0.39, 0.29) is 11.4 Å². The van der Waals surface area contributed by atoms with Crippen molar-refractivity contribution in [3.63, 3.8) is 0 Å². The topological polar surface area (TPSA) is 53.8 Å². The Bertz CT molecular complexity index is 368. The Kier molecular flexibility index (Phi) is 2.41. The molecule has 0 radical (unpaired) electrons. The molecule has 0 N–H and O–H groups in total. The molecule has 0 saturated carbocycles. The first-order valence-electron chi connectivity index (χ1n) is 3.22. The van der Waals surface area contributed by atoms with Gasteiger partial charge >= 0.3 is 0 Å². The first-order chi connectivity index (χ1) is 5.65. The standard InChI is InChI=1S/C8H5ClN2O/c1-5-2-3-6(4-10)11-7(5)8(9)12/h2-3H,1H3. The molecule has 1 rings (SSSR count). The number of carbonyl (C=O) groups excluding carboxylic acids is 1. The van der Waals surface area contributed by atoms with E-state index in [0.29, 0.717) is 5.56 Å². The molecule has 0 aromatic carbocycles. The minimum Gasteiger partial charge on any atom is -0.274 e. The second-order valence-corrected chi connectivity index (χ2v) is 2.59. The molecule has 0 aliphatic heterocycles. The van der Waals surface area contributed by atoms with Crippen molar-refractivity contribution in [3.8, 4) is 6.07 Å². The van der Waals surface area contributed by atoms with Crippen LogP contribution in [0, 0.1) is 18.3 Å². The van der Waals surface area contributed by atoms with Gasteiger partial charge in [-0.2, -0.15) is 5.26 Å². The Morgan fingerprint density at radius 1 is 1.67 bits per heavy atom. The molecule has 3 nitrogen and oxygen atoms in total. The monoisotopic (exact) mass is 180 g/mol. The minimum absolute atomic E-state index is 0.149. The fourth-order valence-corrected chi connectivity index (χ4v) is 0.981. The van der Waals surface area contributed by atoms with Crippen LogP contribution in [0.3, 0.4) is 0 Å². The zero-order valence-corrected chi connectivity index (χ0v) is 7.09. The second-order valence-electron chi connectivity index (χ2n) is 2.25. The number of aromatic nitrogens is 1. The summed E-state index contributed by atoms with van der Waals surface area (Å²) >= 11 is 5.23. The Balaban J connectivity index is 3.28. The Hall–Kier alpha value is -1.40. The molecule has 0 bridgehead atoms. The first kappa shape index (κ1) is 8.69. The molecule has 0 spiro atoms. The highest BCUT2D eigenvalue weighted by molar-refractivity contribution is 6.67. The maximum absolute atomic E-state index is 10.7. The average molecular weight is 181 g/mol. The highest BCUT2D eigenvalue weighted by atomic mass is 35.5. The fraction of sp³-hybridized carbons (Fsp3) is 0.125. The summed E-state index contributed by atoms with van der Waals surface area (Å²) in [5.74, 6) is 0. The van der Waals surface area contributed by atoms with Gasteiger partial charge in [-0.05, 0) is 30.2 Å². The van der Waals surface area contributed by atoms with Gasteiger partial charge in [-0.25, -0.2) is 4.98 Å². The largest absolute Gasteiger partial charge is 0.274 e. The third-order valence-electron chi connectivity index (χ3n) is 1.40. The SMILES string of the molecule is Cc1ccc(C#N)nc1C(=O)Cl. The van der Waals surface area contributed by atoms with Crippen LogP contribution in [0.1, 0.15) is 21.7 Å². The van der Waals surface area contributed by atoms with E-state index in [4.69, 9.17) is 16.9 Å². The summed E-state index contributed by atoms with van der Waals surface area (Å²) in [5.41, 5.74) is 1.02. The van der Waals surface area contributed by atoms with Gasteiger partial charge in [0.1, 0.15) is 17.5 Å². The minimum atomic E-state index is -0.635. The van der Waals surface area contributed by atoms with Gasteiger partial charge in [0, 0.05) is 0 Å². The van der Waals surface area contributed by atoms with E-state index in [0.717, 1.165) is 0 Å². The molecule has 1 aromatic rings. The second kappa shape index (κ2) is 3.33. The number of nitrogens with zero attached hydrogens (tertiary/aromatic N) is 2. The van der Waals surface area contributed by atoms with Crippen molar-refractivity contribution in [3.05, 3.63) is 29.1 Å². The number of pyridine rings is 1. The lowest BCUT2D eigenvalue weighted by atomic mass is 10.2. The molecular weight excluding hydrogens is 176 g/mol. The summed E-state index contributed by atoms with van der Waals surface area (Å²) in [6.45, 7) is 1.71. The van der Waals surface area contributed by atoms with Crippen LogP contribution in [0.2, 0.25) is 0 Å². The van der Waals surface area contributed by atoms with Crippen molar-refractivity contribution in [1.82, 2.24) is 4.98 Å². The van der Waals surface area contributed by atoms with E-state index in [1.54, 1.807) is 19.1 Å². The molecule has 1 aromatic heterocycles. The van der Waals surface area contributed by atoms with Crippen molar-refractivity contribution >= 4 is 16.8 Å². The Morgan fingerprint density at radius 2 is 2.33 bits per heavy atom. The molecule has 1 heterocycles. The quantitative estimate of drug-likeness (QED) is 0.618. The predicted molar refractivity (Wildman–Crippen MR) is 43.9 cm³/mol. The van der Waals surface area contributed by atoms with Crippen LogP contribution < -0.4 is 0 Å². The fourth-order valence-electron chi connectivity index (χ4n) is 0.790. The van der Waals surface area contributed by atoms with Crippen LogP contribution >= 0.6 is 11.6 Å². The number of hydrogen-bond donors (Lipinski definition) is 0. The lowest BCUT2D eigenvalue weighted by molar-refractivity contribution is 0.107. The van der Waals surface area contributed by atoms with Crippen LogP contribution in [-0.2, 0) is 0 Å². The van der Waals surface area contributed by atoms with E-state index in [1.165, 1.54) is 0 Å². The van der Waals surface area contributed by atoms with Crippen molar-refractivity contribution < 1.29 is 4.79 Å². The van der Waals surface area contributed by atoms with Gasteiger partial charge in [0.2, 0.25) is 0 Å². The van der Waals surface area contributed by atoms with Crippen LogP contribution in [0.5, 0.6) is 0 Å². The summed E-state index contributed by atoms with van der Waals surface area (Å²) in [6.07, 6.45) is 0. The number of rotatable bonds is 1. The van der Waals surface area contributed by atoms with Crippen LogP contribution in [0.15, 0.2) is 12.1 Å². The maximum Gasteiger partial charge on any atom is 0.271 e. The number of halogens is 1. The Morgan fingerprint density at radius 3 is 2.83 bits per heavy atom. The molecule has 0 saturated heterocycles. The predicted octanol–water partition coefficient (Wildman–Crippen LogP) is 1.64. The van der Waals surface area contributed by atoms with Crippen molar-refractivity contribution in [1.29, 1.82) is 5.26 Å². The molecule has 0 aliphatic rings. The number of hydrogen-bond acceptors (Lipinski definition) is 3. The smallest absolute Gasteiger partial charge is 0.271 e. The molecule has 0 unspecified atom stereocenters. The Labute approximate surface area is 74.6 Å². The van der Waals surface area contributed by atoms with E-state index in [9.17, 15) is 4.79 Å². The van der Waals surface area contributed by atoms with E-state index in [1.807, 2.05) is 6.07 Å². The number of aryl methyl sites for hydroxylation is 1. The van der Waals surface area contributed by atoms with Gasteiger partial charge in [-0.1, -0.05) is 6.07 Å². The zero-order valence-electron chi connectivity index (χ0n) is 6.34. The summed E-state index contributed by atoms with van der Waals surface area (Å²) in [4.78, 5) is 14.5. The van der Waals surface area contributed by atoms with Crippen LogP contribution in [0.25, 0.3) is 0 Å². The molecule has 12 heavy (non-hydrogen) atoms. The molecular formula is C8H5ClN2O. The summed E-state index contributed by atoms with van der Waals surface area (Å²) in [6, 6.07) is 5.01. The van der Waals surface area contributed by atoms with Crippen LogP contribution in [0.4, 0.5) is 0 Å². The van der Waals surface area contributed by atoms with Crippen LogP contribution in [-0.4, -0.2) is 10.2 Å². The summed E-state index contributed by atoms with van der Waals surface area (Å²) in [7, 11) is 0. The van der Waals surface area contributed by atoms with Gasteiger partial charge in [-0.3, -0.25) is 4.79 Å². The first-order valence-corrected chi connectivity index (χ1v) is 3.60. The van der Waals surface area contributed by atoms with Gasteiger partial charge in [-0.15, -0.1) is 0 Å². The average Bonchev–Trinajstić information content (AvgIpc) is 2.05. The molecule has 0 aliphatic carbocycles. The molecule has 4 heteroatoms. The zero-order chi connectivity index (χ0) is 9.14. The van der Waals surface area contributed by atoms with Gasteiger partial charge in [0.25, 0.3) is 5.24 Å². The van der Waals surface area contributed by atoms with Crippen molar-refractivity contribution in [2.24, 2.45) is 0 Å². The summed E-state index contributed by atoms with van der Waals surface area (Å²) < 4.78 is 0. The van der Waals surface area contributed by atoms with E-state index in [2.05, 4.69) is 4.98 Å². The third kappa shape index (κ3) is 1.60. The molecule has 0 amide bonds. The van der Waals surface area contributed by atoms with Gasteiger partial charge in [0.05, 0.1) is 0 Å². The number of carbonyl (C=O) groups is 1. The van der Waals surface area contributed by atoms with Gasteiger partial charge in [0.15, 0.2) is 0 Å². The van der Waals surface area contributed by atoms with E-state index < -0.39 is 5.24 Å².